The SMILES string of the molecule is O=C(CN1CCN(c2cccc(Cl)c2)C1=O)N1CCN(c2ccc(Cl)cc2)CC1. The molecule has 0 atom stereocenters. The predicted octanol–water partition coefficient (Wildman–Crippen LogP) is 3.58. The van der Waals surface area contributed by atoms with E-state index in [9.17, 15) is 9.59 Å². The third kappa shape index (κ3) is 4.43. The van der Waals surface area contributed by atoms with Crippen molar-refractivity contribution >= 4 is 46.5 Å². The van der Waals surface area contributed by atoms with Gasteiger partial charge in [0.25, 0.3) is 0 Å². The first-order valence-electron chi connectivity index (χ1n) is 9.61. The molecule has 0 radical (unpaired) electrons. The Morgan fingerprint density at radius 2 is 1.55 bits per heavy atom. The molecule has 2 heterocycles. The Bertz CT molecular complexity index is 898. The number of hydrogen-bond donors (Lipinski definition) is 0. The smallest absolute Gasteiger partial charge is 0.325 e. The maximum atomic E-state index is 12.7. The number of amides is 3. The van der Waals surface area contributed by atoms with Crippen LogP contribution >= 0.6 is 23.2 Å². The number of urea groups is 1. The van der Waals surface area contributed by atoms with Crippen LogP contribution in [-0.4, -0.2) is 67.6 Å². The average Bonchev–Trinajstić information content (AvgIpc) is 3.09. The Hall–Kier alpha value is -2.44. The molecule has 2 aliphatic heterocycles. The number of piperazine rings is 1. The van der Waals surface area contributed by atoms with Crippen molar-refractivity contribution < 1.29 is 9.59 Å². The van der Waals surface area contributed by atoms with E-state index in [4.69, 9.17) is 23.2 Å². The lowest BCUT2D eigenvalue weighted by Gasteiger charge is -2.36. The molecule has 3 amide bonds. The lowest BCUT2D eigenvalue weighted by molar-refractivity contribution is -0.131. The van der Waals surface area contributed by atoms with Gasteiger partial charge in [-0.05, 0) is 42.5 Å². The molecule has 2 aromatic carbocycles. The fourth-order valence-corrected chi connectivity index (χ4v) is 4.05. The zero-order valence-electron chi connectivity index (χ0n) is 15.9. The number of carbonyl (C=O) groups is 2. The normalized spacial score (nSPS) is 17.2. The predicted molar refractivity (Wildman–Crippen MR) is 116 cm³/mol. The van der Waals surface area contributed by atoms with E-state index >= 15 is 0 Å². The summed E-state index contributed by atoms with van der Waals surface area (Å²) in [4.78, 5) is 32.8. The first kappa shape index (κ1) is 19.9. The summed E-state index contributed by atoms with van der Waals surface area (Å²) in [5.41, 5.74) is 1.86. The standard InChI is InChI=1S/C21H22Cl2N4O2/c22-16-4-6-18(7-5-16)24-8-10-25(11-9-24)20(28)15-26-12-13-27(21(26)29)19-3-1-2-17(23)14-19/h1-7,14H,8-13,15H2. The van der Waals surface area contributed by atoms with Crippen molar-refractivity contribution in [3.8, 4) is 0 Å². The van der Waals surface area contributed by atoms with E-state index in [-0.39, 0.29) is 18.5 Å². The van der Waals surface area contributed by atoms with Crippen LogP contribution in [0.5, 0.6) is 0 Å². The van der Waals surface area contributed by atoms with Gasteiger partial charge in [-0.1, -0.05) is 29.3 Å². The quantitative estimate of drug-likeness (QED) is 0.741. The molecule has 2 saturated heterocycles. The van der Waals surface area contributed by atoms with Crippen LogP contribution in [0.3, 0.4) is 0 Å². The van der Waals surface area contributed by atoms with Crippen molar-refractivity contribution in [2.24, 2.45) is 0 Å². The highest BCUT2D eigenvalue weighted by atomic mass is 35.5. The molecule has 2 fully saturated rings. The fraction of sp³-hybridized carbons (Fsp3) is 0.333. The highest BCUT2D eigenvalue weighted by Gasteiger charge is 2.32. The molecule has 4 rings (SSSR count). The minimum atomic E-state index is -0.152. The van der Waals surface area contributed by atoms with Gasteiger partial charge in [-0.15, -0.1) is 0 Å². The van der Waals surface area contributed by atoms with E-state index in [1.54, 1.807) is 21.9 Å². The van der Waals surface area contributed by atoms with Crippen molar-refractivity contribution in [3.05, 3.63) is 58.6 Å². The summed E-state index contributed by atoms with van der Waals surface area (Å²) in [7, 11) is 0. The maximum Gasteiger partial charge on any atom is 0.325 e. The monoisotopic (exact) mass is 432 g/mol. The van der Waals surface area contributed by atoms with Gasteiger partial charge in [0.1, 0.15) is 6.54 Å². The summed E-state index contributed by atoms with van der Waals surface area (Å²) >= 11 is 12.0. The number of rotatable bonds is 4. The Morgan fingerprint density at radius 3 is 2.24 bits per heavy atom. The first-order chi connectivity index (χ1) is 14.0. The minimum Gasteiger partial charge on any atom is -0.368 e. The van der Waals surface area contributed by atoms with Gasteiger partial charge in [0.2, 0.25) is 5.91 Å². The topological polar surface area (TPSA) is 47.1 Å². The van der Waals surface area contributed by atoms with Crippen molar-refractivity contribution in [3.63, 3.8) is 0 Å². The molecule has 2 aliphatic rings. The lowest BCUT2D eigenvalue weighted by atomic mass is 10.2. The minimum absolute atomic E-state index is 0.0120. The number of anilines is 2. The summed E-state index contributed by atoms with van der Waals surface area (Å²) in [6, 6.07) is 14.8. The van der Waals surface area contributed by atoms with E-state index in [1.165, 1.54) is 0 Å². The van der Waals surface area contributed by atoms with Crippen LogP contribution in [0.4, 0.5) is 16.2 Å². The van der Waals surface area contributed by atoms with Crippen molar-refractivity contribution in [2.75, 3.05) is 55.6 Å². The van der Waals surface area contributed by atoms with E-state index < -0.39 is 0 Å². The van der Waals surface area contributed by atoms with Crippen molar-refractivity contribution in [1.29, 1.82) is 0 Å². The highest BCUT2D eigenvalue weighted by Crippen LogP contribution is 2.24. The van der Waals surface area contributed by atoms with Crippen LogP contribution in [0.15, 0.2) is 48.5 Å². The largest absolute Gasteiger partial charge is 0.368 e. The number of halogens is 2. The fourth-order valence-electron chi connectivity index (χ4n) is 3.74. The number of carbonyl (C=O) groups excluding carboxylic acids is 2. The van der Waals surface area contributed by atoms with Crippen LogP contribution < -0.4 is 9.80 Å². The molecule has 152 valence electrons. The molecule has 0 aliphatic carbocycles. The van der Waals surface area contributed by atoms with Gasteiger partial charge >= 0.3 is 6.03 Å². The summed E-state index contributed by atoms with van der Waals surface area (Å²) in [6.45, 7) is 3.99. The van der Waals surface area contributed by atoms with Crippen LogP contribution in [0.2, 0.25) is 10.0 Å². The van der Waals surface area contributed by atoms with Crippen LogP contribution in [-0.2, 0) is 4.79 Å². The van der Waals surface area contributed by atoms with E-state index in [0.29, 0.717) is 36.2 Å². The number of hydrogen-bond acceptors (Lipinski definition) is 3. The molecule has 29 heavy (non-hydrogen) atoms. The molecular weight excluding hydrogens is 411 g/mol. The summed E-state index contributed by atoms with van der Waals surface area (Å²) in [6.07, 6.45) is 0. The zero-order valence-corrected chi connectivity index (χ0v) is 17.4. The molecule has 0 N–H and O–H groups in total. The van der Waals surface area contributed by atoms with Gasteiger partial charge < -0.3 is 14.7 Å². The van der Waals surface area contributed by atoms with Gasteiger partial charge in [0, 0.05) is 60.7 Å². The summed E-state index contributed by atoms with van der Waals surface area (Å²) in [5.74, 6) is -0.0120. The second-order valence-electron chi connectivity index (χ2n) is 7.18. The summed E-state index contributed by atoms with van der Waals surface area (Å²) < 4.78 is 0. The van der Waals surface area contributed by atoms with Gasteiger partial charge in [-0.25, -0.2) is 4.79 Å². The average molecular weight is 433 g/mol. The molecule has 8 heteroatoms. The van der Waals surface area contributed by atoms with Crippen molar-refractivity contribution in [2.45, 2.75) is 0 Å². The lowest BCUT2D eigenvalue weighted by Crippen LogP contribution is -2.51. The molecular formula is C21H22Cl2N4O2. The molecule has 0 unspecified atom stereocenters. The Balaban J connectivity index is 1.31. The third-order valence-electron chi connectivity index (χ3n) is 5.37. The van der Waals surface area contributed by atoms with Gasteiger partial charge in [0.05, 0.1) is 0 Å². The Morgan fingerprint density at radius 1 is 0.828 bits per heavy atom. The summed E-state index contributed by atoms with van der Waals surface area (Å²) in [5, 5.41) is 1.30. The van der Waals surface area contributed by atoms with Gasteiger partial charge in [0.15, 0.2) is 0 Å². The molecule has 2 aromatic rings. The van der Waals surface area contributed by atoms with E-state index in [0.717, 1.165) is 24.5 Å². The second kappa shape index (κ2) is 8.51. The van der Waals surface area contributed by atoms with Crippen LogP contribution in [0.25, 0.3) is 0 Å². The molecule has 0 bridgehead atoms. The van der Waals surface area contributed by atoms with Gasteiger partial charge in [-0.3, -0.25) is 9.69 Å². The number of benzene rings is 2. The zero-order chi connectivity index (χ0) is 20.4. The van der Waals surface area contributed by atoms with E-state index in [1.807, 2.05) is 41.3 Å². The van der Waals surface area contributed by atoms with Crippen LogP contribution in [0, 0.1) is 0 Å². The van der Waals surface area contributed by atoms with Crippen LogP contribution in [0.1, 0.15) is 0 Å². The van der Waals surface area contributed by atoms with Gasteiger partial charge in [-0.2, -0.15) is 0 Å². The Kier molecular flexibility index (Phi) is 5.83. The third-order valence-corrected chi connectivity index (χ3v) is 5.85. The molecule has 0 saturated carbocycles. The highest BCUT2D eigenvalue weighted by molar-refractivity contribution is 6.31. The Labute approximate surface area is 180 Å². The number of nitrogens with zero attached hydrogens (tertiary/aromatic N) is 4. The van der Waals surface area contributed by atoms with E-state index in [2.05, 4.69) is 4.90 Å². The second-order valence-corrected chi connectivity index (χ2v) is 8.05. The van der Waals surface area contributed by atoms with Crippen molar-refractivity contribution in [1.82, 2.24) is 9.80 Å². The molecule has 6 nitrogen and oxygen atoms in total. The molecule has 0 aromatic heterocycles. The maximum absolute atomic E-state index is 12.7. The molecule has 0 spiro atoms. The first-order valence-corrected chi connectivity index (χ1v) is 10.4.